The van der Waals surface area contributed by atoms with E-state index in [1.54, 1.807) is 19.1 Å². The van der Waals surface area contributed by atoms with Gasteiger partial charge in [0.05, 0.1) is 11.3 Å². The third kappa shape index (κ3) is 6.24. The molecule has 0 aliphatic carbocycles. The number of fused-ring (bicyclic) bond motifs is 1. The van der Waals surface area contributed by atoms with E-state index in [0.717, 1.165) is 4.90 Å². The molecule has 1 aromatic carbocycles. The molecule has 1 aliphatic heterocycles. The smallest absolute Gasteiger partial charge is 0.263 e. The third-order valence-electron chi connectivity index (χ3n) is 2.58. The van der Waals surface area contributed by atoms with Crippen molar-refractivity contribution in [2.75, 3.05) is 0 Å². The lowest BCUT2D eigenvalue weighted by atomic mass is 10.2. The van der Waals surface area contributed by atoms with Crippen LogP contribution in [0, 0.1) is 0 Å². The Labute approximate surface area is 146 Å². The SMILES string of the molecule is C=CN1C(=O)c2ccccc2SC(O)/C1=C/C.CC.CC.CC. The zero-order chi connectivity index (χ0) is 18.4. The molecule has 1 amide bonds. The predicted octanol–water partition coefficient (Wildman–Crippen LogP) is 5.68. The van der Waals surface area contributed by atoms with Gasteiger partial charge < -0.3 is 5.11 Å². The fourth-order valence-corrected chi connectivity index (χ4v) is 2.81. The monoisotopic (exact) mass is 337 g/mol. The second kappa shape index (κ2) is 14.1. The highest BCUT2D eigenvalue weighted by molar-refractivity contribution is 8.00. The summed E-state index contributed by atoms with van der Waals surface area (Å²) in [6.45, 7) is 17.4. The first-order valence-corrected chi connectivity index (χ1v) is 9.13. The number of hydrogen-bond donors (Lipinski definition) is 1. The van der Waals surface area contributed by atoms with Crippen LogP contribution in [-0.2, 0) is 0 Å². The van der Waals surface area contributed by atoms with Gasteiger partial charge in [0.1, 0.15) is 5.44 Å². The Hall–Kier alpha value is -1.52. The van der Waals surface area contributed by atoms with Crippen LogP contribution in [0.5, 0.6) is 0 Å². The number of aliphatic hydroxyl groups excluding tert-OH is 1. The van der Waals surface area contributed by atoms with Gasteiger partial charge in [-0.05, 0) is 19.1 Å². The number of amides is 1. The zero-order valence-corrected chi connectivity index (χ0v) is 16.3. The summed E-state index contributed by atoms with van der Waals surface area (Å²) in [5.41, 5.74) is 0.380. The van der Waals surface area contributed by atoms with Gasteiger partial charge in [0.2, 0.25) is 0 Å². The molecule has 0 spiro atoms. The van der Waals surface area contributed by atoms with Gasteiger partial charge in [-0.3, -0.25) is 9.69 Å². The van der Waals surface area contributed by atoms with Gasteiger partial charge in [-0.15, -0.1) is 0 Å². The molecule has 1 heterocycles. The molecule has 0 fully saturated rings. The molecule has 23 heavy (non-hydrogen) atoms. The molecule has 2 rings (SSSR count). The van der Waals surface area contributed by atoms with Crippen molar-refractivity contribution in [3.05, 3.63) is 54.4 Å². The van der Waals surface area contributed by atoms with E-state index in [1.165, 1.54) is 22.9 Å². The maximum absolute atomic E-state index is 12.3. The summed E-state index contributed by atoms with van der Waals surface area (Å²) in [5.74, 6) is -0.159. The van der Waals surface area contributed by atoms with E-state index in [0.29, 0.717) is 11.3 Å². The fourth-order valence-electron chi connectivity index (χ4n) is 1.76. The molecule has 0 saturated heterocycles. The summed E-state index contributed by atoms with van der Waals surface area (Å²) >= 11 is 1.27. The summed E-state index contributed by atoms with van der Waals surface area (Å²) in [6.07, 6.45) is 3.16. The van der Waals surface area contributed by atoms with Crippen LogP contribution >= 0.6 is 11.8 Å². The van der Waals surface area contributed by atoms with E-state index in [1.807, 2.05) is 59.7 Å². The minimum absolute atomic E-state index is 0.159. The molecule has 0 saturated carbocycles. The number of carbonyl (C=O) groups is 1. The second-order valence-electron chi connectivity index (χ2n) is 3.54. The van der Waals surface area contributed by atoms with E-state index in [2.05, 4.69) is 6.58 Å². The number of aliphatic hydroxyl groups is 1. The van der Waals surface area contributed by atoms with Crippen molar-refractivity contribution in [3.8, 4) is 0 Å². The van der Waals surface area contributed by atoms with E-state index >= 15 is 0 Å². The Morgan fingerprint density at radius 2 is 1.65 bits per heavy atom. The van der Waals surface area contributed by atoms with E-state index in [-0.39, 0.29) is 5.91 Å². The van der Waals surface area contributed by atoms with Gasteiger partial charge in [-0.1, -0.05) is 78.1 Å². The van der Waals surface area contributed by atoms with Crippen molar-refractivity contribution >= 4 is 17.7 Å². The van der Waals surface area contributed by atoms with Crippen LogP contribution < -0.4 is 0 Å². The molecule has 0 aromatic heterocycles. The Morgan fingerprint density at radius 1 is 1.13 bits per heavy atom. The van der Waals surface area contributed by atoms with Crippen molar-refractivity contribution in [3.63, 3.8) is 0 Å². The minimum atomic E-state index is -0.759. The molecule has 0 radical (unpaired) electrons. The molecule has 1 aromatic rings. The normalized spacial score (nSPS) is 17.2. The Kier molecular flexibility index (Phi) is 14.6. The number of benzene rings is 1. The first-order chi connectivity index (χ1) is 11.2. The van der Waals surface area contributed by atoms with Crippen molar-refractivity contribution in [2.24, 2.45) is 0 Å². The van der Waals surface area contributed by atoms with Gasteiger partial charge in [0, 0.05) is 11.1 Å². The maximum Gasteiger partial charge on any atom is 0.263 e. The lowest BCUT2D eigenvalue weighted by Crippen LogP contribution is -2.27. The maximum atomic E-state index is 12.3. The third-order valence-corrected chi connectivity index (χ3v) is 3.66. The van der Waals surface area contributed by atoms with Gasteiger partial charge in [0.25, 0.3) is 5.91 Å². The number of allylic oxidation sites excluding steroid dienone is 1. The van der Waals surface area contributed by atoms with Gasteiger partial charge in [-0.25, -0.2) is 0 Å². The molecule has 4 heteroatoms. The first-order valence-electron chi connectivity index (χ1n) is 8.25. The van der Waals surface area contributed by atoms with Crippen molar-refractivity contribution in [1.82, 2.24) is 4.90 Å². The number of hydrogen-bond acceptors (Lipinski definition) is 3. The summed E-state index contributed by atoms with van der Waals surface area (Å²) in [4.78, 5) is 14.5. The van der Waals surface area contributed by atoms with Crippen LogP contribution in [0.15, 0.2) is 53.7 Å². The molecule has 0 bridgehead atoms. The lowest BCUT2D eigenvalue weighted by Gasteiger charge is -2.21. The Morgan fingerprint density at radius 3 is 2.13 bits per heavy atom. The quantitative estimate of drug-likeness (QED) is 0.717. The topological polar surface area (TPSA) is 40.5 Å². The van der Waals surface area contributed by atoms with Crippen LogP contribution in [0.2, 0.25) is 0 Å². The number of rotatable bonds is 1. The van der Waals surface area contributed by atoms with Crippen LogP contribution in [0.4, 0.5) is 0 Å². The highest BCUT2D eigenvalue weighted by atomic mass is 32.2. The summed E-state index contributed by atoms with van der Waals surface area (Å²) in [6, 6.07) is 7.25. The average Bonchev–Trinajstić information content (AvgIpc) is 2.74. The van der Waals surface area contributed by atoms with Gasteiger partial charge in [0.15, 0.2) is 0 Å². The van der Waals surface area contributed by atoms with Crippen LogP contribution in [0.1, 0.15) is 58.8 Å². The predicted molar refractivity (Wildman–Crippen MR) is 102 cm³/mol. The van der Waals surface area contributed by atoms with E-state index < -0.39 is 5.44 Å². The minimum Gasteiger partial charge on any atom is -0.376 e. The standard InChI is InChI=1S/C13H13NO2S.3C2H6/c1-3-10-13(16)17-11-8-6-5-7-9(11)12(15)14(10)4-2;3*1-2/h3-8,13,16H,2H2,1H3;3*1-2H3/b10-3-;;;. The van der Waals surface area contributed by atoms with Gasteiger partial charge >= 0.3 is 0 Å². The van der Waals surface area contributed by atoms with Crippen molar-refractivity contribution < 1.29 is 9.90 Å². The highest BCUT2D eigenvalue weighted by Crippen LogP contribution is 2.35. The molecular formula is C19H31NO2S. The lowest BCUT2D eigenvalue weighted by molar-refractivity contribution is 0.0837. The molecular weight excluding hydrogens is 306 g/mol. The molecule has 1 atom stereocenters. The first kappa shape index (κ1) is 23.7. The fraction of sp³-hybridized carbons (Fsp3) is 0.421. The summed E-state index contributed by atoms with van der Waals surface area (Å²) in [7, 11) is 0. The number of nitrogens with zero attached hydrogens (tertiary/aromatic N) is 1. The number of thioether (sulfide) groups is 1. The largest absolute Gasteiger partial charge is 0.376 e. The summed E-state index contributed by atoms with van der Waals surface area (Å²) in [5, 5.41) is 10.1. The van der Waals surface area contributed by atoms with Crippen molar-refractivity contribution in [1.29, 1.82) is 0 Å². The molecule has 3 nitrogen and oxygen atoms in total. The Balaban J connectivity index is 0. The van der Waals surface area contributed by atoms with Crippen LogP contribution in [0.3, 0.4) is 0 Å². The Bertz CT molecular complexity index is 498. The second-order valence-corrected chi connectivity index (χ2v) is 4.66. The molecule has 1 aliphatic rings. The van der Waals surface area contributed by atoms with Crippen molar-refractivity contribution in [2.45, 2.75) is 58.8 Å². The van der Waals surface area contributed by atoms with Crippen LogP contribution in [-0.4, -0.2) is 21.3 Å². The summed E-state index contributed by atoms with van der Waals surface area (Å²) < 4.78 is 0. The van der Waals surface area contributed by atoms with Crippen LogP contribution in [0.25, 0.3) is 0 Å². The average molecular weight is 338 g/mol. The van der Waals surface area contributed by atoms with E-state index in [9.17, 15) is 9.90 Å². The highest BCUT2D eigenvalue weighted by Gasteiger charge is 2.29. The van der Waals surface area contributed by atoms with Gasteiger partial charge in [-0.2, -0.15) is 0 Å². The van der Waals surface area contributed by atoms with E-state index in [4.69, 9.17) is 0 Å². The zero-order valence-electron chi connectivity index (χ0n) is 15.5. The molecule has 1 N–H and O–H groups in total. The molecule has 1 unspecified atom stereocenters. The molecule has 130 valence electrons. The number of carbonyl (C=O) groups excluding carboxylic acids is 1.